The molecule has 0 radical (unpaired) electrons. The number of hydrogen-bond donors (Lipinski definition) is 2. The summed E-state index contributed by atoms with van der Waals surface area (Å²) in [5, 5.41) is 8.87. The Morgan fingerprint density at radius 3 is 2.67 bits per heavy atom. The molecule has 0 spiro atoms. The van der Waals surface area contributed by atoms with Crippen molar-refractivity contribution in [2.45, 2.75) is 38.5 Å². The summed E-state index contributed by atoms with van der Waals surface area (Å²) in [5.41, 5.74) is 6.20. The summed E-state index contributed by atoms with van der Waals surface area (Å²) in [6.45, 7) is 2.68. The number of aryl methyl sites for hydroxylation is 1. The van der Waals surface area contributed by atoms with Crippen LogP contribution in [0.5, 0.6) is 0 Å². The zero-order chi connectivity index (χ0) is 25.1. The molecule has 36 heavy (non-hydrogen) atoms. The minimum atomic E-state index is -0.949. The first-order valence-corrected chi connectivity index (χ1v) is 12.6. The number of rotatable bonds is 5. The van der Waals surface area contributed by atoms with Gasteiger partial charge in [-0.1, -0.05) is 30.3 Å². The monoisotopic (exact) mass is 486 g/mol. The van der Waals surface area contributed by atoms with E-state index < -0.39 is 5.97 Å². The molecule has 8 nitrogen and oxygen atoms in total. The van der Waals surface area contributed by atoms with E-state index >= 15 is 0 Å². The van der Waals surface area contributed by atoms with Crippen LogP contribution in [0.4, 0.5) is 11.4 Å². The number of fused-ring (bicyclic) bond motifs is 2. The van der Waals surface area contributed by atoms with Gasteiger partial charge in [0.25, 0.3) is 5.56 Å². The molecular weight excluding hydrogens is 456 g/mol. The molecule has 1 aromatic carbocycles. The Bertz CT molecular complexity index is 1350. The Labute approximate surface area is 209 Å². The predicted octanol–water partition coefficient (Wildman–Crippen LogP) is 3.84. The molecular formula is C28H30N4O4. The molecule has 1 amide bonds. The number of amides is 1. The highest BCUT2D eigenvalue weighted by Crippen LogP contribution is 2.33. The van der Waals surface area contributed by atoms with Crippen LogP contribution < -0.4 is 10.5 Å². The standard InChI is InChI=1S/C28H30N4O4/c33-25(12-13-26(34)35)32-15-5-14-31(16-17-32)20-11-10-19-6-4-9-23(29-24(19)18-20)27-21-7-2-1-3-8-22(21)30-28(27)36/h1-3,7-8,10-11,18H,4-6,9,12-17H2,(H,30,36)(H,34,35). The van der Waals surface area contributed by atoms with Gasteiger partial charge >= 0.3 is 5.97 Å². The van der Waals surface area contributed by atoms with Crippen LogP contribution in [0.2, 0.25) is 0 Å². The summed E-state index contributed by atoms with van der Waals surface area (Å²) in [5.74, 6) is -1.05. The van der Waals surface area contributed by atoms with Gasteiger partial charge in [0.1, 0.15) is 0 Å². The number of nitrogens with one attached hydrogen (secondary N) is 1. The molecule has 186 valence electrons. The van der Waals surface area contributed by atoms with Crippen LogP contribution in [0.15, 0.2) is 58.3 Å². The summed E-state index contributed by atoms with van der Waals surface area (Å²) in [6.07, 6.45) is 3.29. The van der Waals surface area contributed by atoms with Crippen molar-refractivity contribution >= 4 is 29.0 Å². The number of anilines is 1. The first kappa shape index (κ1) is 23.8. The molecule has 8 heteroatoms. The van der Waals surface area contributed by atoms with Gasteiger partial charge in [0.05, 0.1) is 23.4 Å². The van der Waals surface area contributed by atoms with Gasteiger partial charge < -0.3 is 19.9 Å². The Morgan fingerprint density at radius 2 is 1.81 bits per heavy atom. The molecule has 1 aromatic rings. The fraction of sp³-hybridized carbons (Fsp3) is 0.357. The fourth-order valence-electron chi connectivity index (χ4n) is 5.16. The molecule has 0 unspecified atom stereocenters. The van der Waals surface area contributed by atoms with Gasteiger partial charge in [-0.05, 0) is 49.4 Å². The van der Waals surface area contributed by atoms with Crippen molar-refractivity contribution in [2.75, 3.05) is 31.1 Å². The lowest BCUT2D eigenvalue weighted by molar-refractivity contribution is -0.140. The molecule has 5 rings (SSSR count). The Morgan fingerprint density at radius 1 is 0.944 bits per heavy atom. The number of nitrogens with zero attached hydrogens (tertiary/aromatic N) is 3. The second-order valence-corrected chi connectivity index (χ2v) is 9.41. The van der Waals surface area contributed by atoms with Crippen molar-refractivity contribution < 1.29 is 14.7 Å². The number of carboxylic acids is 1. The number of aromatic amines is 1. The zero-order valence-electron chi connectivity index (χ0n) is 20.2. The molecule has 0 atom stereocenters. The molecule has 3 heterocycles. The maximum atomic E-state index is 12.9. The number of carbonyl (C=O) groups is 2. The lowest BCUT2D eigenvalue weighted by Gasteiger charge is -2.24. The quantitative estimate of drug-likeness (QED) is 0.570. The lowest BCUT2D eigenvalue weighted by atomic mass is 10.0. The predicted molar refractivity (Wildman–Crippen MR) is 140 cm³/mol. The van der Waals surface area contributed by atoms with Crippen LogP contribution in [0.3, 0.4) is 0 Å². The minimum Gasteiger partial charge on any atom is -0.481 e. The average Bonchev–Trinajstić information content (AvgIpc) is 3.16. The van der Waals surface area contributed by atoms with E-state index in [0.717, 1.165) is 60.6 Å². The summed E-state index contributed by atoms with van der Waals surface area (Å²) in [4.78, 5) is 48.1. The number of aliphatic carboxylic acids is 1. The number of benzene rings is 1. The third kappa shape index (κ3) is 5.03. The third-order valence-electron chi connectivity index (χ3n) is 7.02. The van der Waals surface area contributed by atoms with Crippen LogP contribution in [0, 0.1) is 0 Å². The summed E-state index contributed by atoms with van der Waals surface area (Å²) in [7, 11) is 0. The number of aliphatic imine (C=N–C) groups is 1. The van der Waals surface area contributed by atoms with E-state index in [4.69, 9.17) is 10.1 Å². The van der Waals surface area contributed by atoms with Crippen LogP contribution in [-0.4, -0.2) is 58.8 Å². The van der Waals surface area contributed by atoms with E-state index in [0.29, 0.717) is 25.2 Å². The minimum absolute atomic E-state index is 0.0409. The van der Waals surface area contributed by atoms with Crippen molar-refractivity contribution in [1.29, 1.82) is 0 Å². The van der Waals surface area contributed by atoms with Crippen molar-refractivity contribution in [3.63, 3.8) is 0 Å². The number of aromatic nitrogens is 1. The summed E-state index contributed by atoms with van der Waals surface area (Å²) in [6, 6.07) is 16.0. The van der Waals surface area contributed by atoms with Gasteiger partial charge in [-0.15, -0.1) is 0 Å². The first-order valence-electron chi connectivity index (χ1n) is 12.6. The number of carbonyl (C=O) groups excluding carboxylic acids is 1. The lowest BCUT2D eigenvalue weighted by Crippen LogP contribution is -2.35. The number of hydrogen-bond acceptors (Lipinski definition) is 5. The van der Waals surface area contributed by atoms with E-state index in [1.54, 1.807) is 4.90 Å². The van der Waals surface area contributed by atoms with E-state index in [2.05, 4.69) is 28.1 Å². The Hall–Kier alpha value is -3.94. The molecule has 1 saturated heterocycles. The molecule has 0 bridgehead atoms. The molecule has 0 aromatic heterocycles. The van der Waals surface area contributed by atoms with Crippen molar-refractivity contribution in [3.05, 3.63) is 70.0 Å². The molecule has 2 N–H and O–H groups in total. The summed E-state index contributed by atoms with van der Waals surface area (Å²) < 4.78 is 0. The zero-order valence-corrected chi connectivity index (χ0v) is 20.2. The van der Waals surface area contributed by atoms with Crippen LogP contribution in [-0.2, 0) is 16.0 Å². The maximum Gasteiger partial charge on any atom is 0.303 e. The van der Waals surface area contributed by atoms with Crippen LogP contribution in [0.25, 0.3) is 11.3 Å². The van der Waals surface area contributed by atoms with Gasteiger partial charge in [0.2, 0.25) is 5.91 Å². The van der Waals surface area contributed by atoms with E-state index in [1.165, 1.54) is 5.56 Å². The van der Waals surface area contributed by atoms with E-state index in [9.17, 15) is 14.4 Å². The van der Waals surface area contributed by atoms with Crippen molar-refractivity contribution in [2.24, 2.45) is 4.99 Å². The van der Waals surface area contributed by atoms with Gasteiger partial charge in [-0.2, -0.15) is 0 Å². The number of H-pyrrole nitrogens is 1. The molecule has 0 saturated carbocycles. The van der Waals surface area contributed by atoms with Gasteiger partial charge in [0.15, 0.2) is 0 Å². The fourth-order valence-corrected chi connectivity index (χ4v) is 5.16. The largest absolute Gasteiger partial charge is 0.481 e. The summed E-state index contributed by atoms with van der Waals surface area (Å²) >= 11 is 0. The SMILES string of the molecule is O=C(O)CCC(=O)N1CCCN(c2ccc3c(c2)N=C(c2c4cccccc-4[nH]c2=O)CCC3)CC1. The highest BCUT2D eigenvalue weighted by Gasteiger charge is 2.23. The smallest absolute Gasteiger partial charge is 0.303 e. The van der Waals surface area contributed by atoms with E-state index in [-0.39, 0.29) is 24.3 Å². The Kier molecular flexibility index (Phi) is 6.84. The third-order valence-corrected chi connectivity index (χ3v) is 7.02. The first-order chi connectivity index (χ1) is 17.5. The highest BCUT2D eigenvalue weighted by molar-refractivity contribution is 6.07. The second-order valence-electron chi connectivity index (χ2n) is 9.41. The highest BCUT2D eigenvalue weighted by atomic mass is 16.4. The van der Waals surface area contributed by atoms with Gasteiger partial charge in [-0.25, -0.2) is 0 Å². The Balaban J connectivity index is 1.39. The normalized spacial score (nSPS) is 16.2. The van der Waals surface area contributed by atoms with E-state index in [1.807, 2.05) is 30.3 Å². The topological polar surface area (TPSA) is 106 Å². The van der Waals surface area contributed by atoms with Gasteiger partial charge in [-0.3, -0.25) is 19.4 Å². The molecule has 1 aliphatic carbocycles. The van der Waals surface area contributed by atoms with Crippen molar-refractivity contribution in [3.8, 4) is 11.3 Å². The molecule has 1 fully saturated rings. The maximum absolute atomic E-state index is 12.9. The molecule has 3 aliphatic heterocycles. The number of carboxylic acid groups (broad SMARTS) is 1. The van der Waals surface area contributed by atoms with Crippen LogP contribution >= 0.6 is 0 Å². The molecule has 4 aliphatic rings. The second kappa shape index (κ2) is 10.4. The van der Waals surface area contributed by atoms with Crippen LogP contribution in [0.1, 0.15) is 43.2 Å². The van der Waals surface area contributed by atoms with Crippen molar-refractivity contribution in [1.82, 2.24) is 9.88 Å². The van der Waals surface area contributed by atoms with Gasteiger partial charge in [0, 0.05) is 49.5 Å². The average molecular weight is 487 g/mol.